The number of halogens is 6. The van der Waals surface area contributed by atoms with Crippen LogP contribution in [0.5, 0.6) is 0 Å². The maximum absolute atomic E-state index is 11.2. The van der Waals surface area contributed by atoms with E-state index >= 15 is 0 Å². The van der Waals surface area contributed by atoms with Crippen molar-refractivity contribution in [1.29, 1.82) is 0 Å². The summed E-state index contributed by atoms with van der Waals surface area (Å²) >= 11 is -11.2. The van der Waals surface area contributed by atoms with Crippen LogP contribution in [0.2, 0.25) is 0 Å². The van der Waals surface area contributed by atoms with Crippen LogP contribution in [0.3, 0.4) is 0 Å². The molecule has 302 valence electrons. The molecule has 11 heteroatoms. The van der Waals surface area contributed by atoms with E-state index in [2.05, 4.69) is 129 Å². The summed E-state index contributed by atoms with van der Waals surface area (Å²) in [6.45, 7) is 20.5. The predicted octanol–water partition coefficient (Wildman–Crippen LogP) is 13.2. The molecule has 0 saturated heterocycles. The van der Waals surface area contributed by atoms with E-state index in [9.17, 15) is 16.9 Å². The maximum atomic E-state index is 9.93. The normalized spacial score (nSPS) is 12.8. The van der Waals surface area contributed by atoms with Crippen LogP contribution in [-0.2, 0) is 0 Å². The Bertz CT molecular complexity index is 1220. The van der Waals surface area contributed by atoms with Gasteiger partial charge in [0.15, 0.2) is 0 Å². The van der Waals surface area contributed by atoms with Gasteiger partial charge in [0, 0.05) is 92.7 Å². The molecule has 0 aliphatic rings. The molecule has 3 rings (SSSR count). The van der Waals surface area contributed by atoms with Gasteiger partial charge in [-0.15, -0.1) is 0 Å². The molecule has 3 aromatic rings. The van der Waals surface area contributed by atoms with Gasteiger partial charge in [-0.25, -0.2) is 4.90 Å². The Morgan fingerprint density at radius 2 is 0.528 bits per heavy atom. The fourth-order valence-electron chi connectivity index (χ4n) is 6.22. The molecule has 0 spiro atoms. The molecule has 0 unspecified atom stereocenters. The van der Waals surface area contributed by atoms with Crippen molar-refractivity contribution in [3.63, 3.8) is 0 Å². The minimum absolute atomic E-state index is 1.13. The number of unbranched alkanes of at least 4 members (excludes halogenated alkanes) is 6. The van der Waals surface area contributed by atoms with E-state index in [1.165, 1.54) is 116 Å². The van der Waals surface area contributed by atoms with E-state index in [0.29, 0.717) is 0 Å². The fraction of sp³-hybridized carbons (Fsp3) is 0.571. The van der Waals surface area contributed by atoms with E-state index in [1.807, 2.05) is 0 Å². The molecule has 3 aromatic carbocycles. The van der Waals surface area contributed by atoms with E-state index in [4.69, 9.17) is 0 Å². The summed E-state index contributed by atoms with van der Waals surface area (Å²) in [7, 11) is 0. The van der Waals surface area contributed by atoms with Crippen LogP contribution in [0.25, 0.3) is 0 Å². The van der Waals surface area contributed by atoms with Crippen molar-refractivity contribution in [3.8, 4) is 0 Å². The Morgan fingerprint density at radius 1 is 0.358 bits per heavy atom. The summed E-state index contributed by atoms with van der Waals surface area (Å²) in [6.07, 6.45) is 14.8. The van der Waals surface area contributed by atoms with Crippen molar-refractivity contribution >= 4 is 53.6 Å². The average molecular weight is 864 g/mol. The summed E-state index contributed by atoms with van der Waals surface area (Å²) in [4.78, 5) is 9.08. The van der Waals surface area contributed by atoms with E-state index in [-0.39, 0.29) is 0 Å². The first-order chi connectivity index (χ1) is 25.0. The third kappa shape index (κ3) is 19.5. The monoisotopic (exact) mass is 862 g/mol. The third-order valence-electron chi connectivity index (χ3n) is 9.25. The van der Waals surface area contributed by atoms with Gasteiger partial charge in [0.1, 0.15) is 17.1 Å². The minimum atomic E-state index is -11.2. The number of benzene rings is 3. The molecule has 0 aliphatic heterocycles. The number of nitrogens with one attached hydrogen (secondary N) is 1. The standard InChI is InChI=1S/C42H66N4.6FH.Sb/c1-7-13-31-43(32-14-8-2)37-19-25-40(26-20-37)46(41-27-21-38(22-28-41)44(33-15-9-3)34-16-10-4)42-29-23-39(24-30-42)45(35-17-11-5)36-18-12-6;;;;;;;/h19-30H,7-18,31-36H2,1-6H3;6*1H;/q;;;;;;;+5/p-5. The summed E-state index contributed by atoms with van der Waals surface area (Å²) in [5.74, 6) is 0. The Hall–Kier alpha value is -2.58. The number of quaternary nitrogens is 1. The Kier molecular flexibility index (Phi) is 19.4. The number of rotatable bonds is 24. The molecule has 0 aliphatic carbocycles. The predicted molar refractivity (Wildman–Crippen MR) is 218 cm³/mol. The molecule has 0 radical (unpaired) electrons. The first kappa shape index (κ1) is 46.6. The van der Waals surface area contributed by atoms with Crippen LogP contribution in [0.4, 0.5) is 51.0 Å². The van der Waals surface area contributed by atoms with Crippen LogP contribution in [0, 0.1) is 0 Å². The number of hydrogen-bond donors (Lipinski definition) is 1. The SMILES string of the molecule is CCCCN(CCCC)c1ccc([NH+](c2ccc(N(CCCC)CCCC)cc2)c2ccc(N(CCCC)CCCC)cc2)cc1.[F][Sb-]([F])([F])([F])([F])[F]. The molecule has 0 heterocycles. The molecule has 0 atom stereocenters. The molecule has 0 saturated carbocycles. The third-order valence-corrected chi connectivity index (χ3v) is 9.25. The van der Waals surface area contributed by atoms with E-state index < -0.39 is 19.5 Å². The van der Waals surface area contributed by atoms with Crippen molar-refractivity contribution in [2.75, 3.05) is 54.0 Å². The first-order valence-electron chi connectivity index (χ1n) is 20.0. The second-order valence-electron chi connectivity index (χ2n) is 14.1. The molecule has 53 heavy (non-hydrogen) atoms. The first-order valence-corrected chi connectivity index (χ1v) is 25.8. The zero-order chi connectivity index (χ0) is 39.4. The molecule has 0 bridgehead atoms. The van der Waals surface area contributed by atoms with Crippen LogP contribution in [0.15, 0.2) is 72.8 Å². The number of hydrogen-bond acceptors (Lipinski definition) is 3. The van der Waals surface area contributed by atoms with Crippen LogP contribution >= 0.6 is 0 Å². The molecule has 0 fully saturated rings. The summed E-state index contributed by atoms with van der Waals surface area (Å²) < 4.78 is 59.6. The van der Waals surface area contributed by atoms with Gasteiger partial charge in [-0.3, -0.25) is 0 Å². The zero-order valence-electron chi connectivity index (χ0n) is 33.2. The van der Waals surface area contributed by atoms with Crippen molar-refractivity contribution in [2.24, 2.45) is 0 Å². The Labute approximate surface area is 319 Å². The molecule has 0 aromatic heterocycles. The van der Waals surface area contributed by atoms with Crippen LogP contribution in [0.1, 0.15) is 119 Å². The second-order valence-corrected chi connectivity index (χ2v) is 19.5. The van der Waals surface area contributed by atoms with E-state index in [1.54, 1.807) is 0 Å². The molecule has 0 amide bonds. The topological polar surface area (TPSA) is 14.2 Å². The van der Waals surface area contributed by atoms with Gasteiger partial charge in [-0.2, -0.15) is 0 Å². The van der Waals surface area contributed by atoms with Gasteiger partial charge < -0.3 is 14.7 Å². The summed E-state index contributed by atoms with van der Waals surface area (Å²) in [5.41, 5.74) is 7.91. The number of nitrogens with zero attached hydrogens (tertiary/aromatic N) is 3. The van der Waals surface area contributed by atoms with Gasteiger partial charge in [0.25, 0.3) is 0 Å². The van der Waals surface area contributed by atoms with Crippen LogP contribution in [-0.4, -0.2) is 58.7 Å². The fourth-order valence-corrected chi connectivity index (χ4v) is 6.22. The van der Waals surface area contributed by atoms with Gasteiger partial charge in [-0.05, 0) is 74.9 Å². The van der Waals surface area contributed by atoms with Crippen molar-refractivity contribution in [3.05, 3.63) is 72.8 Å². The van der Waals surface area contributed by atoms with Crippen molar-refractivity contribution in [2.45, 2.75) is 119 Å². The summed E-state index contributed by atoms with van der Waals surface area (Å²) in [6, 6.07) is 28.3. The second kappa shape index (κ2) is 22.1. The van der Waals surface area contributed by atoms with Gasteiger partial charge >= 0.3 is 36.4 Å². The zero-order valence-corrected chi connectivity index (χ0v) is 35.8. The molecular weight excluding hydrogens is 796 g/mol. The number of anilines is 3. The van der Waals surface area contributed by atoms with Gasteiger partial charge in [0.05, 0.1) is 0 Å². The average Bonchev–Trinajstić information content (AvgIpc) is 3.12. The van der Waals surface area contributed by atoms with Crippen LogP contribution < -0.4 is 19.6 Å². The molecule has 1 N–H and O–H groups in total. The Balaban J connectivity index is 0.00000126. The van der Waals surface area contributed by atoms with Gasteiger partial charge in [-0.1, -0.05) is 80.1 Å². The van der Waals surface area contributed by atoms with Crippen molar-refractivity contribution < 1.29 is 21.8 Å². The van der Waals surface area contributed by atoms with Crippen molar-refractivity contribution in [1.82, 2.24) is 0 Å². The molecular formula is C42H67F6N4Sb. The quantitative estimate of drug-likeness (QED) is 0.0713. The summed E-state index contributed by atoms with van der Waals surface area (Å²) in [5, 5.41) is 0. The Morgan fingerprint density at radius 3 is 0.679 bits per heavy atom. The van der Waals surface area contributed by atoms with Gasteiger partial charge in [0.2, 0.25) is 0 Å². The molecule has 4 nitrogen and oxygen atoms in total. The van der Waals surface area contributed by atoms with E-state index in [0.717, 1.165) is 39.3 Å².